The molecule has 2 aromatic carbocycles. The Bertz CT molecular complexity index is 821. The molecule has 0 heterocycles. The largest absolute Gasteiger partial charge is 0.340 e. The van der Waals surface area contributed by atoms with E-state index in [-0.39, 0.29) is 16.5 Å². The van der Waals surface area contributed by atoms with Crippen LogP contribution in [-0.2, 0) is 4.79 Å². The van der Waals surface area contributed by atoms with Crippen LogP contribution in [0, 0.1) is 0 Å². The number of anilines is 1. The fourth-order valence-corrected chi connectivity index (χ4v) is 2.91. The Hall–Kier alpha value is -2.04. The number of halogens is 2. The van der Waals surface area contributed by atoms with Crippen LogP contribution in [0.5, 0.6) is 0 Å². The highest BCUT2D eigenvalue weighted by Crippen LogP contribution is 2.25. The molecule has 2 rings (SSSR count). The first-order chi connectivity index (χ1) is 12.2. The molecule has 0 fully saturated rings. The van der Waals surface area contributed by atoms with Gasteiger partial charge < -0.3 is 10.2 Å². The zero-order valence-electron chi connectivity index (χ0n) is 15.2. The summed E-state index contributed by atoms with van der Waals surface area (Å²) in [7, 11) is 1.69. The second-order valence-corrected chi connectivity index (χ2v) is 7.23. The molecule has 0 radical (unpaired) electrons. The highest BCUT2D eigenvalue weighted by atomic mass is 35.5. The minimum atomic E-state index is -0.717. The number of likely N-dealkylation sites (N-methyl/N-ethyl adjacent to an activating group) is 1. The van der Waals surface area contributed by atoms with Gasteiger partial charge in [-0.3, -0.25) is 9.59 Å². The van der Waals surface area contributed by atoms with Crippen molar-refractivity contribution in [1.29, 1.82) is 0 Å². The molecule has 0 aliphatic heterocycles. The van der Waals surface area contributed by atoms with Crippen molar-refractivity contribution in [1.82, 2.24) is 5.32 Å². The minimum absolute atomic E-state index is 0.171. The molecule has 2 aromatic rings. The van der Waals surface area contributed by atoms with Crippen LogP contribution in [0.25, 0.3) is 0 Å². The summed E-state index contributed by atoms with van der Waals surface area (Å²) >= 11 is 12.0. The molecule has 1 N–H and O–H groups in total. The van der Waals surface area contributed by atoms with Gasteiger partial charge in [0.1, 0.15) is 6.04 Å². The third-order valence-electron chi connectivity index (χ3n) is 4.17. The Kier molecular flexibility index (Phi) is 6.68. The quantitative estimate of drug-likeness (QED) is 0.786. The first-order valence-electron chi connectivity index (χ1n) is 8.34. The second-order valence-electron chi connectivity index (χ2n) is 6.44. The predicted octanol–water partition coefficient (Wildman–Crippen LogP) is 4.90. The monoisotopic (exact) mass is 392 g/mol. The molecule has 1 atom stereocenters. The zero-order chi connectivity index (χ0) is 19.4. The van der Waals surface area contributed by atoms with E-state index in [0.717, 1.165) is 11.3 Å². The lowest BCUT2D eigenvalue weighted by Crippen LogP contribution is -2.45. The van der Waals surface area contributed by atoms with Gasteiger partial charge in [-0.15, -0.1) is 0 Å². The maximum atomic E-state index is 12.7. The normalized spacial score (nSPS) is 12.0. The fraction of sp³-hybridized carbons (Fsp3) is 0.300. The first-order valence-corrected chi connectivity index (χ1v) is 9.10. The Labute approximate surface area is 164 Å². The summed E-state index contributed by atoms with van der Waals surface area (Å²) in [5, 5.41) is 3.14. The Morgan fingerprint density at radius 2 is 1.69 bits per heavy atom. The third-order valence-corrected chi connectivity index (χ3v) is 4.99. The smallest absolute Gasteiger partial charge is 0.253 e. The number of benzene rings is 2. The van der Waals surface area contributed by atoms with E-state index < -0.39 is 11.9 Å². The number of hydrogen-bond acceptors (Lipinski definition) is 2. The maximum absolute atomic E-state index is 12.7. The lowest BCUT2D eigenvalue weighted by Gasteiger charge is -2.23. The van der Waals surface area contributed by atoms with Crippen molar-refractivity contribution in [3.8, 4) is 0 Å². The average Bonchev–Trinajstić information content (AvgIpc) is 2.62. The van der Waals surface area contributed by atoms with Crippen LogP contribution in [0.3, 0.4) is 0 Å². The molecule has 0 bridgehead atoms. The number of rotatable bonds is 5. The van der Waals surface area contributed by atoms with Crippen LogP contribution in [-0.4, -0.2) is 24.9 Å². The van der Waals surface area contributed by atoms with Gasteiger partial charge >= 0.3 is 0 Å². The summed E-state index contributed by atoms with van der Waals surface area (Å²) < 4.78 is 0. The summed E-state index contributed by atoms with van der Waals surface area (Å²) in [6, 6.07) is 11.9. The SMILES string of the molecule is CC(NC(=O)c1cccc(Cl)c1Cl)C(=O)N(C)c1cccc(C(C)C)c1. The molecule has 4 nitrogen and oxygen atoms in total. The van der Waals surface area contributed by atoms with E-state index in [4.69, 9.17) is 23.2 Å². The predicted molar refractivity (Wildman–Crippen MR) is 107 cm³/mol. The van der Waals surface area contributed by atoms with Crippen LogP contribution in [0.1, 0.15) is 42.6 Å². The molecule has 2 amide bonds. The van der Waals surface area contributed by atoms with E-state index in [9.17, 15) is 9.59 Å². The standard InChI is InChI=1S/C20H22Cl2N2O2/c1-12(2)14-7-5-8-15(11-14)24(4)20(26)13(3)23-19(25)16-9-6-10-17(21)18(16)22/h5-13H,1-4H3,(H,23,25). The molecule has 0 aliphatic rings. The number of amides is 2. The highest BCUT2D eigenvalue weighted by Gasteiger charge is 2.22. The van der Waals surface area contributed by atoms with Gasteiger partial charge in [-0.1, -0.05) is 55.2 Å². The van der Waals surface area contributed by atoms with Crippen molar-refractivity contribution in [3.05, 3.63) is 63.6 Å². The van der Waals surface area contributed by atoms with Crippen LogP contribution in [0.2, 0.25) is 10.0 Å². The molecule has 0 aromatic heterocycles. The van der Waals surface area contributed by atoms with E-state index in [1.807, 2.05) is 24.3 Å². The summed E-state index contributed by atoms with van der Waals surface area (Å²) in [4.78, 5) is 26.6. The molecule has 138 valence electrons. The van der Waals surface area contributed by atoms with Gasteiger partial charge in [-0.05, 0) is 42.7 Å². The molecule has 26 heavy (non-hydrogen) atoms. The van der Waals surface area contributed by atoms with Crippen molar-refractivity contribution >= 4 is 40.7 Å². The van der Waals surface area contributed by atoms with Gasteiger partial charge in [-0.2, -0.15) is 0 Å². The van der Waals surface area contributed by atoms with Gasteiger partial charge in [0, 0.05) is 12.7 Å². The van der Waals surface area contributed by atoms with Crippen molar-refractivity contribution in [2.24, 2.45) is 0 Å². The highest BCUT2D eigenvalue weighted by molar-refractivity contribution is 6.43. The lowest BCUT2D eigenvalue weighted by molar-refractivity contribution is -0.119. The number of hydrogen-bond donors (Lipinski definition) is 1. The minimum Gasteiger partial charge on any atom is -0.340 e. The van der Waals surface area contributed by atoms with E-state index in [0.29, 0.717) is 10.9 Å². The lowest BCUT2D eigenvalue weighted by atomic mass is 10.0. The average molecular weight is 393 g/mol. The third kappa shape index (κ3) is 4.57. The summed E-state index contributed by atoms with van der Waals surface area (Å²) in [5.41, 5.74) is 2.16. The Morgan fingerprint density at radius 3 is 2.35 bits per heavy atom. The number of carbonyl (C=O) groups excluding carboxylic acids is 2. The summed E-state index contributed by atoms with van der Waals surface area (Å²) in [6.07, 6.45) is 0. The van der Waals surface area contributed by atoms with Crippen LogP contribution < -0.4 is 10.2 Å². The van der Waals surface area contributed by atoms with E-state index in [1.165, 1.54) is 4.90 Å². The van der Waals surface area contributed by atoms with Crippen molar-refractivity contribution in [2.75, 3.05) is 11.9 Å². The Balaban J connectivity index is 2.12. The van der Waals surface area contributed by atoms with Crippen molar-refractivity contribution < 1.29 is 9.59 Å². The molecule has 0 spiro atoms. The van der Waals surface area contributed by atoms with Gasteiger partial charge in [0.05, 0.1) is 15.6 Å². The van der Waals surface area contributed by atoms with Crippen molar-refractivity contribution in [2.45, 2.75) is 32.7 Å². The molecule has 0 saturated heterocycles. The molecular formula is C20H22Cl2N2O2. The number of nitrogens with zero attached hydrogens (tertiary/aromatic N) is 1. The number of nitrogens with one attached hydrogen (secondary N) is 1. The second kappa shape index (κ2) is 8.56. The Morgan fingerprint density at radius 1 is 1.04 bits per heavy atom. The van der Waals surface area contributed by atoms with E-state index in [1.54, 1.807) is 32.2 Å². The first kappa shape index (κ1) is 20.3. The van der Waals surface area contributed by atoms with E-state index in [2.05, 4.69) is 19.2 Å². The zero-order valence-corrected chi connectivity index (χ0v) is 16.7. The van der Waals surface area contributed by atoms with Crippen LogP contribution in [0.15, 0.2) is 42.5 Å². The summed E-state index contributed by atoms with van der Waals surface area (Å²) in [5.74, 6) is -0.305. The maximum Gasteiger partial charge on any atom is 0.253 e. The molecule has 6 heteroatoms. The van der Waals surface area contributed by atoms with Gasteiger partial charge in [0.15, 0.2) is 0 Å². The van der Waals surface area contributed by atoms with Crippen LogP contribution >= 0.6 is 23.2 Å². The topological polar surface area (TPSA) is 49.4 Å². The van der Waals surface area contributed by atoms with Crippen molar-refractivity contribution in [3.63, 3.8) is 0 Å². The van der Waals surface area contributed by atoms with Gasteiger partial charge in [0.2, 0.25) is 5.91 Å². The number of carbonyl (C=O) groups is 2. The molecular weight excluding hydrogens is 371 g/mol. The van der Waals surface area contributed by atoms with E-state index >= 15 is 0 Å². The van der Waals surface area contributed by atoms with Gasteiger partial charge in [-0.25, -0.2) is 0 Å². The molecule has 0 aliphatic carbocycles. The fourth-order valence-electron chi connectivity index (χ4n) is 2.53. The van der Waals surface area contributed by atoms with Crippen LogP contribution in [0.4, 0.5) is 5.69 Å². The summed E-state index contributed by atoms with van der Waals surface area (Å²) in [6.45, 7) is 5.83. The van der Waals surface area contributed by atoms with Gasteiger partial charge in [0.25, 0.3) is 5.91 Å². The molecule has 0 saturated carbocycles. The molecule has 1 unspecified atom stereocenters.